The van der Waals surface area contributed by atoms with Crippen molar-refractivity contribution >= 4 is 39.8 Å². The summed E-state index contributed by atoms with van der Waals surface area (Å²) in [5.41, 5.74) is 10.4. The van der Waals surface area contributed by atoms with Crippen LogP contribution in [0, 0.1) is 0 Å². The Morgan fingerprint density at radius 1 is 1.00 bits per heavy atom. The highest BCUT2D eigenvalue weighted by atomic mass is 32.1. The molecule has 0 saturated heterocycles. The van der Waals surface area contributed by atoms with Crippen molar-refractivity contribution in [3.63, 3.8) is 0 Å². The number of hydrogen-bond acceptors (Lipinski definition) is 8. The van der Waals surface area contributed by atoms with E-state index in [1.54, 1.807) is 30.5 Å². The zero-order chi connectivity index (χ0) is 26.2. The Bertz CT molecular complexity index is 1370. The van der Waals surface area contributed by atoms with Crippen LogP contribution in [0.2, 0.25) is 0 Å². The Labute approximate surface area is 219 Å². The first-order valence-corrected chi connectivity index (χ1v) is 12.6. The molecule has 2 aromatic heterocycles. The molecule has 9 nitrogen and oxygen atoms in total. The summed E-state index contributed by atoms with van der Waals surface area (Å²) in [5.74, 6) is 0.121. The summed E-state index contributed by atoms with van der Waals surface area (Å²) in [6.07, 6.45) is 1.79. The lowest BCUT2D eigenvalue weighted by Crippen LogP contribution is -2.32. The second-order valence-corrected chi connectivity index (χ2v) is 9.49. The van der Waals surface area contributed by atoms with Crippen LogP contribution in [0.25, 0.3) is 22.4 Å². The molecule has 190 valence electrons. The highest BCUT2D eigenvalue weighted by Crippen LogP contribution is 2.29. The summed E-state index contributed by atoms with van der Waals surface area (Å²) in [6.45, 7) is 1.56. The Kier molecular flexibility index (Phi) is 8.44. The summed E-state index contributed by atoms with van der Waals surface area (Å²) in [4.78, 5) is 35.6. The number of nitrogens with two attached hydrogens (primary N) is 1. The first kappa shape index (κ1) is 25.8. The Balaban J connectivity index is 1.36. The fourth-order valence-electron chi connectivity index (χ4n) is 3.50. The molecule has 4 rings (SSSR count). The number of anilines is 3. The number of benzene rings is 2. The van der Waals surface area contributed by atoms with Crippen LogP contribution in [0.3, 0.4) is 0 Å². The summed E-state index contributed by atoms with van der Waals surface area (Å²) < 4.78 is 0. The zero-order valence-electron chi connectivity index (χ0n) is 20.7. The topological polar surface area (TPSA) is 125 Å². The van der Waals surface area contributed by atoms with Crippen LogP contribution < -0.4 is 21.7 Å². The van der Waals surface area contributed by atoms with Crippen molar-refractivity contribution in [2.24, 2.45) is 0 Å². The van der Waals surface area contributed by atoms with Crippen LogP contribution in [-0.4, -0.2) is 60.4 Å². The third-order valence-electron chi connectivity index (χ3n) is 5.45. The summed E-state index contributed by atoms with van der Waals surface area (Å²) in [7, 11) is 4.07. The molecule has 0 aliphatic carbocycles. The lowest BCUT2D eigenvalue weighted by Gasteiger charge is -2.11. The van der Waals surface area contributed by atoms with Gasteiger partial charge in [-0.2, -0.15) is 0 Å². The van der Waals surface area contributed by atoms with Gasteiger partial charge in [0.05, 0.1) is 12.2 Å². The van der Waals surface area contributed by atoms with Crippen LogP contribution in [0.4, 0.5) is 16.6 Å². The highest BCUT2D eigenvalue weighted by molar-refractivity contribution is 7.14. The van der Waals surface area contributed by atoms with Gasteiger partial charge in [-0.15, -0.1) is 11.3 Å². The van der Waals surface area contributed by atoms with Gasteiger partial charge < -0.3 is 26.6 Å². The van der Waals surface area contributed by atoms with Gasteiger partial charge in [0, 0.05) is 41.5 Å². The Morgan fingerprint density at radius 2 is 1.76 bits per heavy atom. The van der Waals surface area contributed by atoms with E-state index in [0.29, 0.717) is 16.4 Å². The van der Waals surface area contributed by atoms with E-state index >= 15 is 0 Å². The number of pyridine rings is 1. The summed E-state index contributed by atoms with van der Waals surface area (Å²) >= 11 is 1.33. The molecule has 10 heteroatoms. The molecule has 4 aromatic rings. The number of amides is 2. The number of rotatable bonds is 10. The fraction of sp³-hybridized carbons (Fsp3) is 0.185. The molecule has 37 heavy (non-hydrogen) atoms. The molecule has 5 N–H and O–H groups in total. The van der Waals surface area contributed by atoms with Crippen molar-refractivity contribution in [3.05, 3.63) is 77.8 Å². The number of nitrogens with one attached hydrogen (secondary N) is 3. The fourth-order valence-corrected chi connectivity index (χ4v) is 4.23. The van der Waals surface area contributed by atoms with Gasteiger partial charge in [0.1, 0.15) is 5.82 Å². The molecule has 2 amide bonds. The molecule has 0 bridgehead atoms. The van der Waals surface area contributed by atoms with Crippen LogP contribution in [0.15, 0.2) is 72.2 Å². The van der Waals surface area contributed by atoms with E-state index < -0.39 is 0 Å². The summed E-state index contributed by atoms with van der Waals surface area (Å²) in [5, 5.41) is 11.0. The highest BCUT2D eigenvalue weighted by Gasteiger charge is 2.12. The average molecular weight is 516 g/mol. The monoisotopic (exact) mass is 515 g/mol. The van der Waals surface area contributed by atoms with E-state index in [4.69, 9.17) is 5.73 Å². The van der Waals surface area contributed by atoms with E-state index in [0.717, 1.165) is 41.3 Å². The maximum absolute atomic E-state index is 12.3. The normalized spacial score (nSPS) is 10.8. The molecule has 0 aliphatic heterocycles. The van der Waals surface area contributed by atoms with Crippen molar-refractivity contribution in [1.82, 2.24) is 20.2 Å². The van der Waals surface area contributed by atoms with Gasteiger partial charge >= 0.3 is 0 Å². The van der Waals surface area contributed by atoms with Crippen LogP contribution in [-0.2, 0) is 4.79 Å². The minimum absolute atomic E-state index is 0.166. The number of nitrogen functional groups attached to an aromatic ring is 1. The quantitative estimate of drug-likeness (QED) is 0.237. The van der Waals surface area contributed by atoms with Crippen molar-refractivity contribution in [2.75, 3.05) is 50.1 Å². The number of thiazole rings is 1. The molecule has 0 radical (unpaired) electrons. The van der Waals surface area contributed by atoms with E-state index in [1.807, 2.05) is 49.8 Å². The van der Waals surface area contributed by atoms with E-state index in [-0.39, 0.29) is 18.4 Å². The van der Waals surface area contributed by atoms with Gasteiger partial charge in [0.2, 0.25) is 5.91 Å². The zero-order valence-corrected chi connectivity index (χ0v) is 21.5. The molecule has 2 heterocycles. The minimum atomic E-state index is -0.357. The van der Waals surface area contributed by atoms with Crippen molar-refractivity contribution in [2.45, 2.75) is 0 Å². The van der Waals surface area contributed by atoms with Crippen LogP contribution >= 0.6 is 11.3 Å². The maximum atomic E-state index is 12.3. The molecule has 0 saturated carbocycles. The number of aromatic nitrogens is 2. The molecule has 0 spiro atoms. The van der Waals surface area contributed by atoms with Crippen molar-refractivity contribution < 1.29 is 9.59 Å². The first-order chi connectivity index (χ1) is 17.9. The molecule has 0 atom stereocenters. The third-order valence-corrected chi connectivity index (χ3v) is 6.21. The Hall–Kier alpha value is -4.28. The predicted octanol–water partition coefficient (Wildman–Crippen LogP) is 3.80. The number of likely N-dealkylation sites (N-methyl/N-ethyl adjacent to an activating group) is 1. The second kappa shape index (κ2) is 12.1. The lowest BCUT2D eigenvalue weighted by atomic mass is 10.0. The maximum Gasteiger partial charge on any atom is 0.251 e. The van der Waals surface area contributed by atoms with Crippen LogP contribution in [0.5, 0.6) is 0 Å². The van der Waals surface area contributed by atoms with Crippen molar-refractivity contribution in [3.8, 4) is 22.4 Å². The Morgan fingerprint density at radius 3 is 2.54 bits per heavy atom. The van der Waals surface area contributed by atoms with Gasteiger partial charge in [-0.05, 0) is 67.7 Å². The lowest BCUT2D eigenvalue weighted by molar-refractivity contribution is -0.115. The number of hydrogen-bond donors (Lipinski definition) is 4. The molecule has 0 fully saturated rings. The van der Waals surface area contributed by atoms with Gasteiger partial charge in [0.25, 0.3) is 5.91 Å². The van der Waals surface area contributed by atoms with E-state index in [1.165, 1.54) is 11.3 Å². The minimum Gasteiger partial charge on any atom is -0.399 e. The molecular formula is C27H29N7O2S. The molecule has 0 unspecified atom stereocenters. The predicted molar refractivity (Wildman–Crippen MR) is 150 cm³/mol. The number of carbonyl (C=O) groups excluding carboxylic acids is 2. The number of carbonyl (C=O) groups is 2. The summed E-state index contributed by atoms with van der Waals surface area (Å²) in [6, 6.07) is 18.6. The standard InChI is InChI=1S/C27H29N7O2S/c1-34(2)13-12-30-24-15-20(10-11-29-24)19-4-3-5-21(14-19)23-17-37-27(32-23)33-25(35)16-31-26(36)18-6-8-22(28)9-7-18/h3-11,14-15,17H,12-13,16,28H2,1-2H3,(H,29,30)(H,31,36)(H,32,33,35). The average Bonchev–Trinajstić information content (AvgIpc) is 3.36. The SMILES string of the molecule is CN(C)CCNc1cc(-c2cccc(-c3csc(NC(=O)CNC(=O)c4ccc(N)cc4)n3)c2)ccn1. The van der Waals surface area contributed by atoms with Gasteiger partial charge in [-0.25, -0.2) is 9.97 Å². The van der Waals surface area contributed by atoms with Gasteiger partial charge in [0.15, 0.2) is 5.13 Å². The second-order valence-electron chi connectivity index (χ2n) is 8.63. The van der Waals surface area contributed by atoms with Crippen molar-refractivity contribution in [1.29, 1.82) is 0 Å². The third kappa shape index (κ3) is 7.35. The van der Waals surface area contributed by atoms with Crippen LogP contribution in [0.1, 0.15) is 10.4 Å². The molecular weight excluding hydrogens is 486 g/mol. The molecule has 2 aromatic carbocycles. The first-order valence-electron chi connectivity index (χ1n) is 11.7. The molecule has 0 aliphatic rings. The van der Waals surface area contributed by atoms with Gasteiger partial charge in [-0.1, -0.05) is 18.2 Å². The van der Waals surface area contributed by atoms with E-state index in [2.05, 4.69) is 36.9 Å². The largest absolute Gasteiger partial charge is 0.399 e. The van der Waals surface area contributed by atoms with E-state index in [9.17, 15) is 9.59 Å². The number of nitrogens with zero attached hydrogens (tertiary/aromatic N) is 3. The van der Waals surface area contributed by atoms with Gasteiger partial charge in [-0.3, -0.25) is 9.59 Å². The smallest absolute Gasteiger partial charge is 0.251 e.